The number of ether oxygens (including phenoxy) is 1. The van der Waals surface area contributed by atoms with Gasteiger partial charge in [-0.1, -0.05) is 0 Å². The van der Waals surface area contributed by atoms with Crippen molar-refractivity contribution in [1.82, 2.24) is 9.97 Å². The molecule has 0 aliphatic carbocycles. The third-order valence-electron chi connectivity index (χ3n) is 2.41. The highest BCUT2D eigenvalue weighted by molar-refractivity contribution is 5.90. The quantitative estimate of drug-likeness (QED) is 0.882. The van der Waals surface area contributed by atoms with Gasteiger partial charge in [-0.05, 0) is 39.0 Å². The molecule has 0 saturated heterocycles. The average Bonchev–Trinajstić information content (AvgIpc) is 2.82. The zero-order valence-corrected chi connectivity index (χ0v) is 11.5. The van der Waals surface area contributed by atoms with Crippen molar-refractivity contribution in [3.63, 3.8) is 0 Å². The van der Waals surface area contributed by atoms with E-state index in [1.807, 2.05) is 0 Å². The molecule has 1 aromatic heterocycles. The summed E-state index contributed by atoms with van der Waals surface area (Å²) in [6, 6.07) is 4.07. The minimum absolute atomic E-state index is 0.399. The van der Waals surface area contributed by atoms with Crippen molar-refractivity contribution in [1.29, 1.82) is 0 Å². The zero-order chi connectivity index (χ0) is 14.8. The Morgan fingerprint density at radius 2 is 2.15 bits per heavy atom. The van der Waals surface area contributed by atoms with Crippen LogP contribution in [0.5, 0.6) is 0 Å². The predicted octanol–water partition coefficient (Wildman–Crippen LogP) is 3.56. The molecule has 2 rings (SSSR count). The molecule has 2 N–H and O–H groups in total. The lowest BCUT2D eigenvalue weighted by Crippen LogP contribution is -2.27. The largest absolute Gasteiger partial charge is 0.444 e. The molecule has 1 amide bonds. The van der Waals surface area contributed by atoms with Gasteiger partial charge in [-0.3, -0.25) is 5.32 Å². The van der Waals surface area contributed by atoms with Gasteiger partial charge in [-0.25, -0.2) is 14.2 Å². The Morgan fingerprint density at radius 3 is 2.75 bits per heavy atom. The number of carbonyl (C=O) groups excluding carboxylic acids is 1. The smallest absolute Gasteiger partial charge is 0.412 e. The Labute approximate surface area is 116 Å². The second kappa shape index (κ2) is 5.32. The lowest BCUT2D eigenvalue weighted by molar-refractivity contribution is 0.0636. The van der Waals surface area contributed by atoms with E-state index in [4.69, 9.17) is 4.74 Å². The van der Waals surface area contributed by atoms with Gasteiger partial charge in [0.05, 0.1) is 23.9 Å². The lowest BCUT2D eigenvalue weighted by Gasteiger charge is -2.20. The van der Waals surface area contributed by atoms with Gasteiger partial charge in [0.15, 0.2) is 0 Å². The van der Waals surface area contributed by atoms with E-state index in [0.717, 1.165) is 0 Å². The van der Waals surface area contributed by atoms with Crippen LogP contribution in [0.25, 0.3) is 11.3 Å². The maximum absolute atomic E-state index is 13.4. The molecule has 1 heterocycles. The highest BCUT2D eigenvalue weighted by atomic mass is 19.1. The first-order valence-electron chi connectivity index (χ1n) is 6.13. The van der Waals surface area contributed by atoms with Gasteiger partial charge >= 0.3 is 6.09 Å². The van der Waals surface area contributed by atoms with Crippen LogP contribution in [0.2, 0.25) is 0 Å². The molecule has 0 radical (unpaired) electrons. The predicted molar refractivity (Wildman–Crippen MR) is 73.8 cm³/mol. The molecular weight excluding hydrogens is 261 g/mol. The maximum atomic E-state index is 13.4. The van der Waals surface area contributed by atoms with Crippen LogP contribution in [0, 0.1) is 5.82 Å². The standard InChI is InChI=1S/C14H16FN3O2/c1-14(2,3)20-13(19)18-11-5-4-9(15)6-10(11)12-7-16-8-17-12/h4-8H,1-3H3,(H,16,17)(H,18,19). The normalized spacial score (nSPS) is 11.2. The Hall–Kier alpha value is -2.37. The van der Waals surface area contributed by atoms with Crippen LogP contribution >= 0.6 is 0 Å². The van der Waals surface area contributed by atoms with Crippen LogP contribution in [0.3, 0.4) is 0 Å². The van der Waals surface area contributed by atoms with Crippen molar-refractivity contribution in [2.24, 2.45) is 0 Å². The number of aromatic amines is 1. The van der Waals surface area contributed by atoms with E-state index in [1.165, 1.54) is 24.5 Å². The first-order chi connectivity index (χ1) is 9.35. The monoisotopic (exact) mass is 277 g/mol. The number of H-pyrrole nitrogens is 1. The van der Waals surface area contributed by atoms with Crippen molar-refractivity contribution in [2.75, 3.05) is 5.32 Å². The van der Waals surface area contributed by atoms with E-state index < -0.39 is 17.5 Å². The topological polar surface area (TPSA) is 67.0 Å². The zero-order valence-electron chi connectivity index (χ0n) is 11.5. The molecule has 0 saturated carbocycles. The summed E-state index contributed by atoms with van der Waals surface area (Å²) >= 11 is 0. The molecule has 0 fully saturated rings. The van der Waals surface area contributed by atoms with Crippen LogP contribution in [0.4, 0.5) is 14.9 Å². The number of benzene rings is 1. The number of imidazole rings is 1. The minimum atomic E-state index is -0.599. The number of amides is 1. The summed E-state index contributed by atoms with van der Waals surface area (Å²) in [4.78, 5) is 18.5. The fourth-order valence-electron chi connectivity index (χ4n) is 1.67. The summed E-state index contributed by atoms with van der Waals surface area (Å²) in [5.74, 6) is -0.399. The summed E-state index contributed by atoms with van der Waals surface area (Å²) in [5.41, 5.74) is 0.965. The number of nitrogens with one attached hydrogen (secondary N) is 2. The van der Waals surface area contributed by atoms with Gasteiger partial charge in [0.1, 0.15) is 11.4 Å². The summed E-state index contributed by atoms with van der Waals surface area (Å²) in [6.45, 7) is 5.31. The molecule has 5 nitrogen and oxygen atoms in total. The number of hydrogen-bond donors (Lipinski definition) is 2. The molecule has 0 bridgehead atoms. The third kappa shape index (κ3) is 3.57. The Morgan fingerprint density at radius 1 is 1.40 bits per heavy atom. The van der Waals surface area contributed by atoms with E-state index in [0.29, 0.717) is 16.9 Å². The van der Waals surface area contributed by atoms with Crippen molar-refractivity contribution < 1.29 is 13.9 Å². The third-order valence-corrected chi connectivity index (χ3v) is 2.41. The van der Waals surface area contributed by atoms with E-state index in [9.17, 15) is 9.18 Å². The van der Waals surface area contributed by atoms with Crippen LogP contribution in [0.15, 0.2) is 30.7 Å². The molecule has 6 heteroatoms. The molecule has 0 aliphatic rings. The van der Waals surface area contributed by atoms with Crippen molar-refractivity contribution in [3.8, 4) is 11.3 Å². The van der Waals surface area contributed by atoms with Crippen LogP contribution in [-0.2, 0) is 4.74 Å². The summed E-state index contributed by atoms with van der Waals surface area (Å²) in [5, 5.41) is 2.61. The Kier molecular flexibility index (Phi) is 3.74. The molecule has 0 unspecified atom stereocenters. The van der Waals surface area contributed by atoms with Gasteiger partial charge in [0.25, 0.3) is 0 Å². The van der Waals surface area contributed by atoms with Crippen LogP contribution in [-0.4, -0.2) is 21.7 Å². The second-order valence-corrected chi connectivity index (χ2v) is 5.28. The summed E-state index contributed by atoms with van der Waals surface area (Å²) in [7, 11) is 0. The second-order valence-electron chi connectivity index (χ2n) is 5.28. The van der Waals surface area contributed by atoms with Crippen molar-refractivity contribution >= 4 is 11.8 Å². The van der Waals surface area contributed by atoms with Crippen molar-refractivity contribution in [2.45, 2.75) is 26.4 Å². The maximum Gasteiger partial charge on any atom is 0.412 e. The SMILES string of the molecule is CC(C)(C)OC(=O)Nc1ccc(F)cc1-c1cnc[nH]1. The fraction of sp³-hybridized carbons (Fsp3) is 0.286. The fourth-order valence-corrected chi connectivity index (χ4v) is 1.67. The number of carbonyl (C=O) groups is 1. The number of nitrogens with zero attached hydrogens (tertiary/aromatic N) is 1. The first kappa shape index (κ1) is 14.0. The number of aromatic nitrogens is 2. The van der Waals surface area contributed by atoms with E-state index >= 15 is 0 Å². The average molecular weight is 277 g/mol. The Balaban J connectivity index is 2.26. The molecule has 2 aromatic rings. The van der Waals surface area contributed by atoms with Crippen LogP contribution in [0.1, 0.15) is 20.8 Å². The Bertz CT molecular complexity index is 603. The molecule has 106 valence electrons. The number of rotatable bonds is 2. The number of halogens is 1. The van der Waals surface area contributed by atoms with Gasteiger partial charge in [-0.15, -0.1) is 0 Å². The highest BCUT2D eigenvalue weighted by Gasteiger charge is 2.18. The van der Waals surface area contributed by atoms with Crippen molar-refractivity contribution in [3.05, 3.63) is 36.5 Å². The molecule has 0 aliphatic heterocycles. The molecular formula is C14H16FN3O2. The molecule has 20 heavy (non-hydrogen) atoms. The number of hydrogen-bond acceptors (Lipinski definition) is 3. The van der Waals surface area contributed by atoms with Gasteiger partial charge in [0.2, 0.25) is 0 Å². The van der Waals surface area contributed by atoms with E-state index in [-0.39, 0.29) is 0 Å². The number of anilines is 1. The minimum Gasteiger partial charge on any atom is -0.444 e. The van der Waals surface area contributed by atoms with Crippen LogP contribution < -0.4 is 5.32 Å². The summed E-state index contributed by atoms with van der Waals surface area (Å²) in [6.07, 6.45) is 2.44. The van der Waals surface area contributed by atoms with Gasteiger partial charge in [0, 0.05) is 5.56 Å². The van der Waals surface area contributed by atoms with Gasteiger partial charge < -0.3 is 9.72 Å². The first-order valence-corrected chi connectivity index (χ1v) is 6.13. The molecule has 0 spiro atoms. The highest BCUT2D eigenvalue weighted by Crippen LogP contribution is 2.27. The molecule has 1 aromatic carbocycles. The summed E-state index contributed by atoms with van der Waals surface area (Å²) < 4.78 is 18.5. The van der Waals surface area contributed by atoms with E-state index in [2.05, 4.69) is 15.3 Å². The molecule has 0 atom stereocenters. The van der Waals surface area contributed by atoms with E-state index in [1.54, 1.807) is 27.0 Å². The van der Waals surface area contributed by atoms with Gasteiger partial charge in [-0.2, -0.15) is 0 Å². The lowest BCUT2D eigenvalue weighted by atomic mass is 10.1.